The van der Waals surface area contributed by atoms with Crippen LogP contribution in [0.3, 0.4) is 0 Å². The molecule has 1 heterocycles. The number of nitrogens with one attached hydrogen (secondary N) is 3. The first-order valence-electron chi connectivity index (χ1n) is 13.8. The van der Waals surface area contributed by atoms with E-state index in [1.54, 1.807) is 62.4 Å². The highest BCUT2D eigenvalue weighted by Gasteiger charge is 2.32. The summed E-state index contributed by atoms with van der Waals surface area (Å²) in [4.78, 5) is 37.4. The topological polar surface area (TPSA) is 160 Å². The van der Waals surface area contributed by atoms with Crippen LogP contribution in [0.5, 0.6) is 17.2 Å². The van der Waals surface area contributed by atoms with Crippen LogP contribution < -0.4 is 30.3 Å². The van der Waals surface area contributed by atoms with Crippen LogP contribution in [-0.2, 0) is 20.9 Å². The summed E-state index contributed by atoms with van der Waals surface area (Å²) in [6.07, 6.45) is 1.37. The molecule has 1 aliphatic heterocycles. The first-order valence-corrected chi connectivity index (χ1v) is 15.0. The molecule has 3 amide bonds. The molecule has 0 saturated carbocycles. The van der Waals surface area contributed by atoms with Gasteiger partial charge in [-0.15, -0.1) is 0 Å². The van der Waals surface area contributed by atoms with Crippen molar-refractivity contribution < 1.29 is 33.3 Å². The Hall–Kier alpha value is -5.06. The number of carbonyl (C=O) groups excluding carboxylic acids is 3. The summed E-state index contributed by atoms with van der Waals surface area (Å²) in [5, 5.41) is 19.1. The third-order valence-electron chi connectivity index (χ3n) is 6.58. The molecule has 0 aromatic heterocycles. The zero-order chi connectivity index (χ0) is 33.2. The van der Waals surface area contributed by atoms with Gasteiger partial charge in [0.25, 0.3) is 5.91 Å². The maximum atomic E-state index is 12.6. The number of nitrogens with zero attached hydrogens (tertiary/aromatic N) is 2. The second-order valence-corrected chi connectivity index (χ2v) is 10.9. The maximum absolute atomic E-state index is 12.6. The number of carbonyl (C=O) groups is 3. The number of hydrazone groups is 1. The van der Waals surface area contributed by atoms with E-state index in [0.29, 0.717) is 43.2 Å². The monoisotopic (exact) mass is 709 g/mol. The third-order valence-corrected chi connectivity index (χ3v) is 7.39. The van der Waals surface area contributed by atoms with Gasteiger partial charge in [0, 0.05) is 21.8 Å². The van der Waals surface area contributed by atoms with E-state index in [2.05, 4.69) is 43.2 Å². The Balaban J connectivity index is 1.42. The van der Waals surface area contributed by atoms with Crippen LogP contribution in [0, 0.1) is 11.3 Å². The fourth-order valence-corrected chi connectivity index (χ4v) is 5.44. The molecule has 0 radical (unpaired) electrons. The van der Waals surface area contributed by atoms with Crippen molar-refractivity contribution in [2.45, 2.75) is 26.5 Å². The van der Waals surface area contributed by atoms with E-state index in [4.69, 9.17) is 30.5 Å². The molecular weight excluding hydrogens is 682 g/mol. The molecule has 0 bridgehead atoms. The maximum Gasteiger partial charge on any atom is 0.338 e. The van der Waals surface area contributed by atoms with Crippen molar-refractivity contribution in [3.63, 3.8) is 0 Å². The lowest BCUT2D eigenvalue weighted by molar-refractivity contribution is -0.139. The van der Waals surface area contributed by atoms with Crippen LogP contribution in [0.2, 0.25) is 5.02 Å². The van der Waals surface area contributed by atoms with Crippen LogP contribution in [0.15, 0.2) is 75.4 Å². The van der Waals surface area contributed by atoms with Gasteiger partial charge in [-0.25, -0.2) is 15.0 Å². The fourth-order valence-electron chi connectivity index (χ4n) is 4.49. The molecule has 46 heavy (non-hydrogen) atoms. The minimum atomic E-state index is -0.796. The Kier molecular flexibility index (Phi) is 11.6. The van der Waals surface area contributed by atoms with E-state index in [1.807, 2.05) is 6.07 Å². The van der Waals surface area contributed by atoms with Crippen LogP contribution in [0.25, 0.3) is 0 Å². The normalized spacial score (nSPS) is 14.2. The molecule has 0 aliphatic carbocycles. The summed E-state index contributed by atoms with van der Waals surface area (Å²) < 4.78 is 22.8. The van der Waals surface area contributed by atoms with E-state index >= 15 is 0 Å². The average Bonchev–Trinajstić information content (AvgIpc) is 3.03. The van der Waals surface area contributed by atoms with Gasteiger partial charge in [0.05, 0.1) is 47.7 Å². The molecule has 0 spiro atoms. The first-order chi connectivity index (χ1) is 22.1. The molecule has 12 nitrogen and oxygen atoms in total. The number of ether oxygens (including phenoxy) is 4. The quantitative estimate of drug-likeness (QED) is 0.130. The molecule has 1 aliphatic rings. The summed E-state index contributed by atoms with van der Waals surface area (Å²) in [6.45, 7) is 3.19. The number of allylic oxidation sites excluding steroid dienone is 1. The minimum absolute atomic E-state index is 0.121. The van der Waals surface area contributed by atoms with Crippen molar-refractivity contribution in [1.82, 2.24) is 16.1 Å². The number of urea groups is 1. The smallest absolute Gasteiger partial charge is 0.338 e. The van der Waals surface area contributed by atoms with E-state index in [1.165, 1.54) is 13.3 Å². The van der Waals surface area contributed by atoms with Gasteiger partial charge < -0.3 is 29.6 Å². The van der Waals surface area contributed by atoms with Gasteiger partial charge >= 0.3 is 12.0 Å². The standard InChI is InChI=1S/C32H29BrClN5O7/c1-4-44-31(41)28-18(2)37-32(42)38-29(28)19-9-10-25(26(12-19)43-3)45-17-27(40)39-36-15-22-11-23(34)13-24(33)30(22)46-16-21-8-6-5-7-20(21)14-35/h5-13,15,29H,4,16-17H2,1-3H3,(H,39,40)(H2,37,38,42)/b36-15+/t29-/m0/s1. The third kappa shape index (κ3) is 8.35. The number of hydrogen-bond acceptors (Lipinski definition) is 9. The predicted molar refractivity (Wildman–Crippen MR) is 173 cm³/mol. The van der Waals surface area contributed by atoms with Gasteiger partial charge in [-0.1, -0.05) is 35.9 Å². The summed E-state index contributed by atoms with van der Waals surface area (Å²) in [6, 6.07) is 16.0. The van der Waals surface area contributed by atoms with E-state index in [9.17, 15) is 19.6 Å². The predicted octanol–water partition coefficient (Wildman–Crippen LogP) is 5.28. The van der Waals surface area contributed by atoms with Gasteiger partial charge in [-0.3, -0.25) is 4.79 Å². The Morgan fingerprint density at radius 2 is 1.93 bits per heavy atom. The first kappa shape index (κ1) is 33.8. The zero-order valence-electron chi connectivity index (χ0n) is 25.0. The lowest BCUT2D eigenvalue weighted by Crippen LogP contribution is -2.45. The zero-order valence-corrected chi connectivity index (χ0v) is 27.3. The molecule has 0 unspecified atom stereocenters. The number of nitriles is 1. The van der Waals surface area contributed by atoms with Gasteiger partial charge in [-0.2, -0.15) is 10.4 Å². The van der Waals surface area contributed by atoms with Gasteiger partial charge in [0.1, 0.15) is 12.4 Å². The number of rotatable bonds is 12. The largest absolute Gasteiger partial charge is 0.493 e. The van der Waals surface area contributed by atoms with Gasteiger partial charge in [0.15, 0.2) is 18.1 Å². The van der Waals surface area contributed by atoms with Crippen molar-refractivity contribution in [3.05, 3.63) is 97.6 Å². The number of esters is 1. The van der Waals surface area contributed by atoms with Crippen LogP contribution in [0.4, 0.5) is 4.79 Å². The molecule has 4 rings (SSSR count). The number of halogens is 2. The highest BCUT2D eigenvalue weighted by Crippen LogP contribution is 2.35. The molecule has 3 aromatic rings. The fraction of sp³-hybridized carbons (Fsp3) is 0.219. The highest BCUT2D eigenvalue weighted by molar-refractivity contribution is 9.10. The second-order valence-electron chi connectivity index (χ2n) is 9.65. The second kappa shape index (κ2) is 15.8. The van der Waals surface area contributed by atoms with Gasteiger partial charge in [0.2, 0.25) is 0 Å². The Bertz CT molecular complexity index is 1760. The number of amides is 3. The summed E-state index contributed by atoms with van der Waals surface area (Å²) in [5.41, 5.74) is 5.23. The van der Waals surface area contributed by atoms with Crippen molar-refractivity contribution in [2.75, 3.05) is 20.3 Å². The minimum Gasteiger partial charge on any atom is -0.493 e. The molecule has 3 aromatic carbocycles. The van der Waals surface area contributed by atoms with Crippen LogP contribution in [0.1, 0.15) is 42.1 Å². The van der Waals surface area contributed by atoms with Crippen molar-refractivity contribution >= 4 is 51.7 Å². The molecule has 238 valence electrons. The Morgan fingerprint density at radius 3 is 2.67 bits per heavy atom. The van der Waals surface area contributed by atoms with Gasteiger partial charge in [-0.05, 0) is 65.7 Å². The van der Waals surface area contributed by atoms with E-state index < -0.39 is 30.6 Å². The number of benzene rings is 3. The van der Waals surface area contributed by atoms with Crippen molar-refractivity contribution in [2.24, 2.45) is 5.10 Å². The summed E-state index contributed by atoms with van der Waals surface area (Å²) in [5.74, 6) is -0.204. The molecule has 3 N–H and O–H groups in total. The van der Waals surface area contributed by atoms with Crippen molar-refractivity contribution in [1.29, 1.82) is 5.26 Å². The average molecular weight is 711 g/mol. The molecule has 0 saturated heterocycles. The number of hydrogen-bond donors (Lipinski definition) is 3. The van der Waals surface area contributed by atoms with E-state index in [-0.39, 0.29) is 30.3 Å². The van der Waals surface area contributed by atoms with Crippen molar-refractivity contribution in [3.8, 4) is 23.3 Å². The lowest BCUT2D eigenvalue weighted by atomic mass is 9.95. The lowest BCUT2D eigenvalue weighted by Gasteiger charge is -2.28. The molecule has 0 fully saturated rings. The molecular formula is C32H29BrClN5O7. The molecule has 14 heteroatoms. The van der Waals surface area contributed by atoms with Crippen LogP contribution in [-0.4, -0.2) is 44.4 Å². The SMILES string of the molecule is CCOC(=O)C1=C(C)NC(=O)N[C@H]1c1ccc(OCC(=O)N/N=C/c2cc(Cl)cc(Br)c2OCc2ccccc2C#N)c(OC)c1. The Morgan fingerprint density at radius 1 is 1.15 bits per heavy atom. The molecule has 1 atom stereocenters. The highest BCUT2D eigenvalue weighted by atomic mass is 79.9. The van der Waals surface area contributed by atoms with E-state index in [0.717, 1.165) is 0 Å². The number of methoxy groups -OCH3 is 1. The summed E-state index contributed by atoms with van der Waals surface area (Å²) in [7, 11) is 1.42. The summed E-state index contributed by atoms with van der Waals surface area (Å²) >= 11 is 9.67. The Labute approximate surface area is 278 Å². The van der Waals surface area contributed by atoms with Crippen LogP contribution >= 0.6 is 27.5 Å².